The van der Waals surface area contributed by atoms with Crippen LogP contribution in [0.5, 0.6) is 0 Å². The Bertz CT molecular complexity index is 948. The van der Waals surface area contributed by atoms with E-state index >= 15 is 0 Å². The molecule has 5 heteroatoms. The van der Waals surface area contributed by atoms with Gasteiger partial charge in [0.1, 0.15) is 0 Å². The largest absolute Gasteiger partial charge is 0.462 e. The highest BCUT2D eigenvalue weighted by molar-refractivity contribution is 6.35. The molecule has 0 bridgehead atoms. The maximum absolute atomic E-state index is 13.0. The van der Waals surface area contributed by atoms with Crippen LogP contribution in [0.25, 0.3) is 0 Å². The van der Waals surface area contributed by atoms with Gasteiger partial charge >= 0.3 is 5.97 Å². The molecule has 2 aromatic carbocycles. The number of nitrogens with zero attached hydrogens (tertiary/aromatic N) is 1. The third-order valence-electron chi connectivity index (χ3n) is 5.21. The van der Waals surface area contributed by atoms with Crippen LogP contribution in [0.4, 0.5) is 5.69 Å². The fourth-order valence-corrected chi connectivity index (χ4v) is 3.50. The van der Waals surface area contributed by atoms with Crippen molar-refractivity contribution in [3.8, 4) is 0 Å². The van der Waals surface area contributed by atoms with E-state index in [4.69, 9.17) is 4.74 Å². The summed E-state index contributed by atoms with van der Waals surface area (Å²) in [5.41, 5.74) is 3.23. The summed E-state index contributed by atoms with van der Waals surface area (Å²) in [6, 6.07) is 10.2. The third-order valence-corrected chi connectivity index (χ3v) is 5.21. The summed E-state index contributed by atoms with van der Waals surface area (Å²) < 4.78 is 5.33. The molecule has 0 fully saturated rings. The first-order valence-corrected chi connectivity index (χ1v) is 10.2. The maximum Gasteiger partial charge on any atom is 0.338 e. The first kappa shape index (κ1) is 20.8. The Morgan fingerprint density at radius 2 is 1.62 bits per heavy atom. The van der Waals surface area contributed by atoms with E-state index in [1.165, 1.54) is 23.8 Å². The van der Waals surface area contributed by atoms with E-state index in [-0.39, 0.29) is 11.5 Å². The Labute approximate surface area is 171 Å². The van der Waals surface area contributed by atoms with E-state index in [2.05, 4.69) is 6.92 Å². The smallest absolute Gasteiger partial charge is 0.338 e. The molecular weight excluding hydrogens is 366 g/mol. The molecule has 5 nitrogen and oxygen atoms in total. The number of ether oxygens (including phenoxy) is 1. The SMILES string of the molecule is CCCCCCCOC(=O)c1ccc2c(c1)C(=O)N(c1cc(C)ccc1C)C2=O. The van der Waals surface area contributed by atoms with E-state index in [0.29, 0.717) is 23.4 Å². The highest BCUT2D eigenvalue weighted by Crippen LogP contribution is 2.31. The fourth-order valence-electron chi connectivity index (χ4n) is 3.50. The summed E-state index contributed by atoms with van der Waals surface area (Å²) >= 11 is 0. The predicted octanol–water partition coefficient (Wildman–Crippen LogP) is 5.23. The Kier molecular flexibility index (Phi) is 6.47. The second kappa shape index (κ2) is 9.03. The van der Waals surface area contributed by atoms with Crippen LogP contribution in [-0.4, -0.2) is 24.4 Å². The number of carbonyl (C=O) groups excluding carboxylic acids is 3. The number of unbranched alkanes of at least 4 members (excludes halogenated alkanes) is 4. The molecule has 0 N–H and O–H groups in total. The van der Waals surface area contributed by atoms with Gasteiger partial charge in [-0.05, 0) is 55.7 Å². The minimum Gasteiger partial charge on any atom is -0.462 e. The van der Waals surface area contributed by atoms with Crippen molar-refractivity contribution in [2.45, 2.75) is 52.9 Å². The Morgan fingerprint density at radius 1 is 0.897 bits per heavy atom. The number of aryl methyl sites for hydroxylation is 2. The second-order valence-corrected chi connectivity index (χ2v) is 7.55. The molecule has 0 aliphatic carbocycles. The molecule has 152 valence electrons. The van der Waals surface area contributed by atoms with Crippen molar-refractivity contribution in [3.05, 3.63) is 64.2 Å². The van der Waals surface area contributed by atoms with Crippen molar-refractivity contribution in [2.24, 2.45) is 0 Å². The molecular formula is C24H27NO4. The molecule has 0 aromatic heterocycles. The van der Waals surface area contributed by atoms with Gasteiger partial charge in [-0.25, -0.2) is 9.69 Å². The van der Waals surface area contributed by atoms with Gasteiger partial charge in [0.05, 0.1) is 29.0 Å². The number of amides is 2. The summed E-state index contributed by atoms with van der Waals surface area (Å²) in [6.45, 7) is 6.29. The van der Waals surface area contributed by atoms with Crippen LogP contribution in [-0.2, 0) is 4.74 Å². The Morgan fingerprint density at radius 3 is 2.38 bits per heavy atom. The number of hydrogen-bond donors (Lipinski definition) is 0. The highest BCUT2D eigenvalue weighted by atomic mass is 16.5. The number of esters is 1. The van der Waals surface area contributed by atoms with E-state index in [9.17, 15) is 14.4 Å². The van der Waals surface area contributed by atoms with E-state index < -0.39 is 11.9 Å². The zero-order valence-electron chi connectivity index (χ0n) is 17.3. The van der Waals surface area contributed by atoms with Crippen LogP contribution in [0.15, 0.2) is 36.4 Å². The topological polar surface area (TPSA) is 63.7 Å². The number of anilines is 1. The lowest BCUT2D eigenvalue weighted by molar-refractivity contribution is 0.0497. The molecule has 0 saturated carbocycles. The van der Waals surface area contributed by atoms with Crippen LogP contribution < -0.4 is 4.90 Å². The zero-order chi connectivity index (χ0) is 21.0. The van der Waals surface area contributed by atoms with Crippen molar-refractivity contribution >= 4 is 23.5 Å². The van der Waals surface area contributed by atoms with E-state index in [1.807, 2.05) is 32.0 Å². The lowest BCUT2D eigenvalue weighted by Gasteiger charge is -2.17. The molecule has 3 rings (SSSR count). The van der Waals surface area contributed by atoms with Crippen molar-refractivity contribution < 1.29 is 19.1 Å². The van der Waals surface area contributed by atoms with Gasteiger partial charge in [-0.2, -0.15) is 0 Å². The number of rotatable bonds is 8. The zero-order valence-corrected chi connectivity index (χ0v) is 17.3. The lowest BCUT2D eigenvalue weighted by atomic mass is 10.1. The molecule has 0 radical (unpaired) electrons. The highest BCUT2D eigenvalue weighted by Gasteiger charge is 2.37. The first-order chi connectivity index (χ1) is 13.9. The summed E-state index contributed by atoms with van der Waals surface area (Å²) in [7, 11) is 0. The molecule has 2 aromatic rings. The van der Waals surface area contributed by atoms with Gasteiger partial charge in [0.25, 0.3) is 11.8 Å². The molecule has 29 heavy (non-hydrogen) atoms. The quantitative estimate of drug-likeness (QED) is 0.350. The molecule has 0 spiro atoms. The van der Waals surface area contributed by atoms with Crippen LogP contribution in [0.1, 0.15) is 81.2 Å². The minimum absolute atomic E-state index is 0.244. The Balaban J connectivity index is 1.74. The van der Waals surface area contributed by atoms with E-state index in [0.717, 1.165) is 30.4 Å². The summed E-state index contributed by atoms with van der Waals surface area (Å²) in [5, 5.41) is 0. The van der Waals surface area contributed by atoms with Gasteiger partial charge in [0, 0.05) is 0 Å². The van der Waals surface area contributed by atoms with Crippen LogP contribution in [0, 0.1) is 13.8 Å². The van der Waals surface area contributed by atoms with Crippen molar-refractivity contribution in [2.75, 3.05) is 11.5 Å². The van der Waals surface area contributed by atoms with E-state index in [1.54, 1.807) is 12.1 Å². The van der Waals surface area contributed by atoms with Gasteiger partial charge in [-0.15, -0.1) is 0 Å². The average Bonchev–Trinajstić information content (AvgIpc) is 2.96. The van der Waals surface area contributed by atoms with Gasteiger partial charge in [0.15, 0.2) is 0 Å². The van der Waals surface area contributed by atoms with Crippen LogP contribution in [0.3, 0.4) is 0 Å². The van der Waals surface area contributed by atoms with Gasteiger partial charge in [-0.1, -0.05) is 44.7 Å². The number of fused-ring (bicyclic) bond motifs is 1. The average molecular weight is 393 g/mol. The second-order valence-electron chi connectivity index (χ2n) is 7.55. The molecule has 1 aliphatic rings. The third kappa shape index (κ3) is 4.39. The standard InChI is InChI=1S/C24H27NO4/c1-4-5-6-7-8-13-29-24(28)18-11-12-19-20(15-18)23(27)25(22(19)26)21-14-16(2)9-10-17(21)3/h9-12,14-15H,4-8,13H2,1-3H3. The fraction of sp³-hybridized carbons (Fsp3) is 0.375. The Hall–Kier alpha value is -2.95. The number of imide groups is 1. The van der Waals surface area contributed by atoms with Crippen LogP contribution in [0.2, 0.25) is 0 Å². The minimum atomic E-state index is -0.464. The van der Waals surface area contributed by atoms with Gasteiger partial charge in [0.2, 0.25) is 0 Å². The molecule has 0 saturated heterocycles. The summed E-state index contributed by atoms with van der Waals surface area (Å²) in [5.74, 6) is -1.24. The predicted molar refractivity (Wildman–Crippen MR) is 113 cm³/mol. The summed E-state index contributed by atoms with van der Waals surface area (Å²) in [4.78, 5) is 39.3. The van der Waals surface area contributed by atoms with Gasteiger partial charge < -0.3 is 4.74 Å². The number of benzene rings is 2. The molecule has 2 amide bonds. The van der Waals surface area contributed by atoms with Crippen LogP contribution >= 0.6 is 0 Å². The lowest BCUT2D eigenvalue weighted by Crippen LogP contribution is -2.30. The summed E-state index contributed by atoms with van der Waals surface area (Å²) in [6.07, 6.45) is 5.35. The van der Waals surface area contributed by atoms with Gasteiger partial charge in [-0.3, -0.25) is 9.59 Å². The monoisotopic (exact) mass is 393 g/mol. The number of carbonyl (C=O) groups is 3. The number of hydrogen-bond acceptors (Lipinski definition) is 4. The van der Waals surface area contributed by atoms with Crippen molar-refractivity contribution in [1.29, 1.82) is 0 Å². The molecule has 0 atom stereocenters. The van der Waals surface area contributed by atoms with Crippen molar-refractivity contribution in [3.63, 3.8) is 0 Å². The normalized spacial score (nSPS) is 13.0. The first-order valence-electron chi connectivity index (χ1n) is 10.2. The molecule has 1 heterocycles. The molecule has 1 aliphatic heterocycles. The van der Waals surface area contributed by atoms with Crippen molar-refractivity contribution in [1.82, 2.24) is 0 Å². The maximum atomic E-state index is 13.0. The molecule has 0 unspecified atom stereocenters.